The van der Waals surface area contributed by atoms with E-state index in [9.17, 15) is 0 Å². The Balaban J connectivity index is 2.62. The molecule has 0 aromatic carbocycles. The van der Waals surface area contributed by atoms with Gasteiger partial charge in [-0.25, -0.2) is 0 Å². The average Bonchev–Trinajstić information content (AvgIpc) is 2.15. The smallest absolute Gasteiger partial charge is 0.0244 e. The van der Waals surface area contributed by atoms with Gasteiger partial charge in [-0.05, 0) is 17.8 Å². The van der Waals surface area contributed by atoms with E-state index in [1.165, 1.54) is 32.5 Å². The molecule has 102 valence electrons. The molecule has 2 heteroatoms. The van der Waals surface area contributed by atoms with Crippen molar-refractivity contribution in [1.29, 1.82) is 0 Å². The second kappa shape index (κ2) is 6.19. The summed E-state index contributed by atoms with van der Waals surface area (Å²) in [5.41, 5.74) is 0.404. The molecule has 0 aliphatic carbocycles. The van der Waals surface area contributed by atoms with Crippen LogP contribution in [0.5, 0.6) is 0 Å². The Kier molecular flexibility index (Phi) is 5.46. The highest BCUT2D eigenvalue weighted by atomic mass is 15.2. The SMILES string of the molecule is CCCC1CN(CC(C)(C)C)C(C(C)C)CN1. The van der Waals surface area contributed by atoms with E-state index in [2.05, 4.69) is 51.8 Å². The monoisotopic (exact) mass is 240 g/mol. The van der Waals surface area contributed by atoms with Crippen LogP contribution in [0.1, 0.15) is 54.4 Å². The minimum atomic E-state index is 0.404. The lowest BCUT2D eigenvalue weighted by Crippen LogP contribution is -2.59. The molecule has 2 atom stereocenters. The first-order chi connectivity index (χ1) is 7.83. The van der Waals surface area contributed by atoms with Crippen molar-refractivity contribution in [2.24, 2.45) is 11.3 Å². The zero-order chi connectivity index (χ0) is 13.1. The lowest BCUT2D eigenvalue weighted by molar-refractivity contribution is 0.0637. The molecule has 0 saturated carbocycles. The van der Waals surface area contributed by atoms with Crippen molar-refractivity contribution in [3.05, 3.63) is 0 Å². The fraction of sp³-hybridized carbons (Fsp3) is 1.00. The van der Waals surface area contributed by atoms with Gasteiger partial charge in [0.2, 0.25) is 0 Å². The van der Waals surface area contributed by atoms with Crippen LogP contribution in [-0.4, -0.2) is 36.6 Å². The molecule has 2 nitrogen and oxygen atoms in total. The highest BCUT2D eigenvalue weighted by Gasteiger charge is 2.31. The normalized spacial score (nSPS) is 27.7. The summed E-state index contributed by atoms with van der Waals surface area (Å²) >= 11 is 0. The molecule has 1 aliphatic rings. The molecule has 1 fully saturated rings. The van der Waals surface area contributed by atoms with Crippen LogP contribution in [0.25, 0.3) is 0 Å². The molecule has 0 aromatic heterocycles. The van der Waals surface area contributed by atoms with Gasteiger partial charge in [-0.3, -0.25) is 4.90 Å². The van der Waals surface area contributed by atoms with Gasteiger partial charge in [0.1, 0.15) is 0 Å². The fourth-order valence-electron chi connectivity index (χ4n) is 2.89. The highest BCUT2D eigenvalue weighted by molar-refractivity contribution is 4.89. The van der Waals surface area contributed by atoms with Crippen LogP contribution in [0.3, 0.4) is 0 Å². The van der Waals surface area contributed by atoms with Crippen LogP contribution in [0.4, 0.5) is 0 Å². The van der Waals surface area contributed by atoms with Crippen molar-refractivity contribution in [3.63, 3.8) is 0 Å². The van der Waals surface area contributed by atoms with Gasteiger partial charge in [0.05, 0.1) is 0 Å². The minimum Gasteiger partial charge on any atom is -0.311 e. The summed E-state index contributed by atoms with van der Waals surface area (Å²) in [6.45, 7) is 17.6. The first-order valence-electron chi connectivity index (χ1n) is 7.31. The molecule has 2 unspecified atom stereocenters. The van der Waals surface area contributed by atoms with Crippen molar-refractivity contribution in [1.82, 2.24) is 10.2 Å². The summed E-state index contributed by atoms with van der Waals surface area (Å²) in [5, 5.41) is 3.73. The van der Waals surface area contributed by atoms with Crippen LogP contribution in [0.15, 0.2) is 0 Å². The number of rotatable bonds is 4. The van der Waals surface area contributed by atoms with Gasteiger partial charge in [-0.1, -0.05) is 48.0 Å². The molecule has 17 heavy (non-hydrogen) atoms. The lowest BCUT2D eigenvalue weighted by atomic mass is 9.91. The second-order valence-electron chi connectivity index (χ2n) is 7.20. The first kappa shape index (κ1) is 15.0. The van der Waals surface area contributed by atoms with Crippen LogP contribution in [-0.2, 0) is 0 Å². The molecule has 1 N–H and O–H groups in total. The lowest BCUT2D eigenvalue weighted by Gasteiger charge is -2.45. The number of nitrogens with zero attached hydrogens (tertiary/aromatic N) is 1. The molecule has 0 aromatic rings. The Labute approximate surface area is 108 Å². The Bertz CT molecular complexity index is 217. The van der Waals surface area contributed by atoms with Gasteiger partial charge in [-0.2, -0.15) is 0 Å². The molecule has 0 bridgehead atoms. The summed E-state index contributed by atoms with van der Waals surface area (Å²) in [6.07, 6.45) is 2.60. The van der Waals surface area contributed by atoms with E-state index >= 15 is 0 Å². The summed E-state index contributed by atoms with van der Waals surface area (Å²) in [4.78, 5) is 2.72. The van der Waals surface area contributed by atoms with Crippen molar-refractivity contribution in [2.45, 2.75) is 66.5 Å². The Hall–Kier alpha value is -0.0800. The van der Waals surface area contributed by atoms with Crippen LogP contribution in [0.2, 0.25) is 0 Å². The molecule has 1 rings (SSSR count). The largest absolute Gasteiger partial charge is 0.311 e. The molecular weight excluding hydrogens is 208 g/mol. The average molecular weight is 240 g/mol. The van der Waals surface area contributed by atoms with E-state index < -0.39 is 0 Å². The van der Waals surface area contributed by atoms with Gasteiger partial charge in [0.25, 0.3) is 0 Å². The van der Waals surface area contributed by atoms with Gasteiger partial charge in [-0.15, -0.1) is 0 Å². The predicted molar refractivity (Wildman–Crippen MR) is 76.4 cm³/mol. The van der Waals surface area contributed by atoms with Crippen molar-refractivity contribution in [2.75, 3.05) is 19.6 Å². The molecular formula is C15H32N2. The summed E-state index contributed by atoms with van der Waals surface area (Å²) in [6, 6.07) is 1.42. The van der Waals surface area contributed by atoms with Crippen LogP contribution < -0.4 is 5.32 Å². The fourth-order valence-corrected chi connectivity index (χ4v) is 2.89. The minimum absolute atomic E-state index is 0.404. The topological polar surface area (TPSA) is 15.3 Å². The Morgan fingerprint density at radius 1 is 1.29 bits per heavy atom. The third-order valence-electron chi connectivity index (χ3n) is 3.62. The third-order valence-corrected chi connectivity index (χ3v) is 3.62. The zero-order valence-electron chi connectivity index (χ0n) is 12.7. The molecule has 0 radical (unpaired) electrons. The highest BCUT2D eigenvalue weighted by Crippen LogP contribution is 2.23. The van der Waals surface area contributed by atoms with E-state index in [1.807, 2.05) is 0 Å². The van der Waals surface area contributed by atoms with E-state index in [0.29, 0.717) is 17.5 Å². The van der Waals surface area contributed by atoms with Crippen molar-refractivity contribution < 1.29 is 0 Å². The third kappa shape index (κ3) is 4.97. The first-order valence-corrected chi connectivity index (χ1v) is 7.31. The van der Waals surface area contributed by atoms with Crippen molar-refractivity contribution >= 4 is 0 Å². The summed E-state index contributed by atoms with van der Waals surface area (Å²) < 4.78 is 0. The summed E-state index contributed by atoms with van der Waals surface area (Å²) in [5.74, 6) is 0.743. The number of nitrogens with one attached hydrogen (secondary N) is 1. The molecule has 1 heterocycles. The Morgan fingerprint density at radius 3 is 2.41 bits per heavy atom. The van der Waals surface area contributed by atoms with Gasteiger partial charge in [0, 0.05) is 31.7 Å². The van der Waals surface area contributed by atoms with Gasteiger partial charge in [0.15, 0.2) is 0 Å². The maximum atomic E-state index is 3.73. The van der Waals surface area contributed by atoms with E-state index in [4.69, 9.17) is 0 Å². The number of piperazine rings is 1. The Morgan fingerprint density at radius 2 is 1.94 bits per heavy atom. The molecule has 0 spiro atoms. The maximum Gasteiger partial charge on any atom is 0.0244 e. The number of hydrogen-bond acceptors (Lipinski definition) is 2. The predicted octanol–water partition coefficient (Wildman–Crippen LogP) is 3.13. The zero-order valence-corrected chi connectivity index (χ0v) is 12.7. The van der Waals surface area contributed by atoms with Gasteiger partial charge < -0.3 is 5.32 Å². The molecule has 1 aliphatic heterocycles. The van der Waals surface area contributed by atoms with Crippen LogP contribution in [0, 0.1) is 11.3 Å². The van der Waals surface area contributed by atoms with Gasteiger partial charge >= 0.3 is 0 Å². The second-order valence-corrected chi connectivity index (χ2v) is 7.20. The van der Waals surface area contributed by atoms with E-state index in [0.717, 1.165) is 5.92 Å². The van der Waals surface area contributed by atoms with Crippen molar-refractivity contribution in [3.8, 4) is 0 Å². The number of hydrogen-bond donors (Lipinski definition) is 1. The van der Waals surface area contributed by atoms with E-state index in [1.54, 1.807) is 0 Å². The molecule has 1 saturated heterocycles. The molecule has 0 amide bonds. The summed E-state index contributed by atoms with van der Waals surface area (Å²) in [7, 11) is 0. The van der Waals surface area contributed by atoms with E-state index in [-0.39, 0.29) is 0 Å². The maximum absolute atomic E-state index is 3.73. The quantitative estimate of drug-likeness (QED) is 0.812. The standard InChI is InChI=1S/C15H32N2/c1-7-8-13-10-17(11-15(4,5)6)14(9-16-13)12(2)3/h12-14,16H,7-11H2,1-6H3. The van der Waals surface area contributed by atoms with Crippen LogP contribution >= 0.6 is 0 Å².